The summed E-state index contributed by atoms with van der Waals surface area (Å²) in [4.78, 5) is 21.6. The average Bonchev–Trinajstić information content (AvgIpc) is 2.51. The summed E-state index contributed by atoms with van der Waals surface area (Å²) in [5, 5.41) is 19.3. The normalized spacial score (nSPS) is 13.1. The van der Waals surface area contributed by atoms with Gasteiger partial charge in [0.1, 0.15) is 6.04 Å². The number of nitro groups is 1. The Bertz CT molecular complexity index is 673. The van der Waals surface area contributed by atoms with Crippen LogP contribution in [0.2, 0.25) is 0 Å². The molecule has 0 aliphatic heterocycles. The summed E-state index contributed by atoms with van der Waals surface area (Å²) in [6, 6.07) is 4.11. The summed E-state index contributed by atoms with van der Waals surface area (Å²) in [6.45, 7) is 1.13. The van der Waals surface area contributed by atoms with Crippen LogP contribution >= 0.6 is 0 Å². The number of carbonyl (C=O) groups excluding carboxylic acids is 1. The number of hydroxylamine groups is 1. The molecule has 0 fully saturated rings. The highest BCUT2D eigenvalue weighted by molar-refractivity contribution is 7.86. The van der Waals surface area contributed by atoms with Crippen LogP contribution in [0, 0.1) is 10.1 Å². The van der Waals surface area contributed by atoms with Crippen LogP contribution in [0.1, 0.15) is 12.5 Å². The number of amides is 1. The van der Waals surface area contributed by atoms with Crippen LogP contribution < -0.4 is 5.48 Å². The van der Waals surface area contributed by atoms with Crippen molar-refractivity contribution in [1.82, 2.24) is 14.1 Å². The Morgan fingerprint density at radius 3 is 2.26 bits per heavy atom. The number of nitro benzene ring substituents is 1. The summed E-state index contributed by atoms with van der Waals surface area (Å²) in [5.74, 6) is -0.891. The second kappa shape index (κ2) is 7.46. The SMILES string of the molecule is C[C@@H](C(=O)NO)N(Cc1ccc([N+](=O)[O-])cc1)S(=O)(=O)N(C)C. The van der Waals surface area contributed by atoms with Crippen molar-refractivity contribution in [3.63, 3.8) is 0 Å². The van der Waals surface area contributed by atoms with Gasteiger partial charge in [0.2, 0.25) is 0 Å². The number of benzene rings is 1. The number of hydrogen-bond acceptors (Lipinski definition) is 6. The molecule has 1 aromatic carbocycles. The minimum atomic E-state index is -3.96. The van der Waals surface area contributed by atoms with E-state index in [0.29, 0.717) is 5.56 Å². The number of nitrogens with zero attached hydrogens (tertiary/aromatic N) is 3. The maximum Gasteiger partial charge on any atom is 0.282 e. The van der Waals surface area contributed by atoms with Gasteiger partial charge in [0.25, 0.3) is 21.8 Å². The molecule has 1 amide bonds. The van der Waals surface area contributed by atoms with Crippen LogP contribution in [-0.4, -0.2) is 53.2 Å². The van der Waals surface area contributed by atoms with E-state index >= 15 is 0 Å². The highest BCUT2D eigenvalue weighted by Crippen LogP contribution is 2.18. The zero-order valence-electron chi connectivity index (χ0n) is 12.8. The molecular weight excluding hydrogens is 328 g/mol. The molecule has 0 radical (unpaired) electrons. The molecule has 10 nitrogen and oxygen atoms in total. The minimum Gasteiger partial charge on any atom is -0.289 e. The van der Waals surface area contributed by atoms with Crippen LogP contribution in [0.5, 0.6) is 0 Å². The Morgan fingerprint density at radius 2 is 1.87 bits per heavy atom. The minimum absolute atomic E-state index is 0.128. The molecule has 0 bridgehead atoms. The summed E-state index contributed by atoms with van der Waals surface area (Å²) in [7, 11) is -1.34. The van der Waals surface area contributed by atoms with Crippen molar-refractivity contribution in [3.05, 3.63) is 39.9 Å². The van der Waals surface area contributed by atoms with Crippen molar-refractivity contribution < 1.29 is 23.3 Å². The lowest BCUT2D eigenvalue weighted by molar-refractivity contribution is -0.384. The van der Waals surface area contributed by atoms with Gasteiger partial charge >= 0.3 is 0 Å². The molecule has 128 valence electrons. The smallest absolute Gasteiger partial charge is 0.282 e. The second-order valence-corrected chi connectivity index (χ2v) is 7.01. The average molecular weight is 346 g/mol. The van der Waals surface area contributed by atoms with E-state index in [1.54, 1.807) is 0 Å². The zero-order valence-corrected chi connectivity index (χ0v) is 13.6. The van der Waals surface area contributed by atoms with E-state index in [0.717, 1.165) is 8.61 Å². The maximum atomic E-state index is 12.4. The topological polar surface area (TPSA) is 133 Å². The van der Waals surface area contributed by atoms with E-state index in [1.807, 2.05) is 0 Å². The molecule has 0 heterocycles. The number of carbonyl (C=O) groups is 1. The fourth-order valence-electron chi connectivity index (χ4n) is 1.76. The van der Waals surface area contributed by atoms with E-state index in [-0.39, 0.29) is 12.2 Å². The Morgan fingerprint density at radius 1 is 1.35 bits per heavy atom. The molecule has 1 atom stereocenters. The first-order chi connectivity index (χ1) is 10.6. The van der Waals surface area contributed by atoms with Crippen molar-refractivity contribution in [2.75, 3.05) is 14.1 Å². The first kappa shape index (κ1) is 19.0. The Kier molecular flexibility index (Phi) is 6.15. The van der Waals surface area contributed by atoms with Crippen LogP contribution in [-0.2, 0) is 21.5 Å². The molecule has 11 heteroatoms. The fraction of sp³-hybridized carbons (Fsp3) is 0.417. The van der Waals surface area contributed by atoms with Crippen LogP contribution in [0.3, 0.4) is 0 Å². The lowest BCUT2D eigenvalue weighted by Crippen LogP contribution is -2.50. The van der Waals surface area contributed by atoms with Gasteiger partial charge in [-0.25, -0.2) is 5.48 Å². The van der Waals surface area contributed by atoms with Gasteiger partial charge in [-0.05, 0) is 12.5 Å². The molecule has 0 unspecified atom stereocenters. The quantitative estimate of drug-likeness (QED) is 0.408. The van der Waals surface area contributed by atoms with Crippen molar-refractivity contribution in [1.29, 1.82) is 0 Å². The van der Waals surface area contributed by atoms with E-state index < -0.39 is 27.1 Å². The lowest BCUT2D eigenvalue weighted by atomic mass is 10.2. The summed E-state index contributed by atoms with van der Waals surface area (Å²) < 4.78 is 26.5. The first-order valence-corrected chi connectivity index (χ1v) is 7.87. The van der Waals surface area contributed by atoms with Crippen LogP contribution in [0.15, 0.2) is 24.3 Å². The van der Waals surface area contributed by atoms with Crippen LogP contribution in [0.25, 0.3) is 0 Å². The van der Waals surface area contributed by atoms with E-state index in [2.05, 4.69) is 0 Å². The van der Waals surface area contributed by atoms with E-state index in [9.17, 15) is 23.3 Å². The van der Waals surface area contributed by atoms with Gasteiger partial charge in [0, 0.05) is 32.8 Å². The monoisotopic (exact) mass is 346 g/mol. The maximum absolute atomic E-state index is 12.4. The number of nitrogens with one attached hydrogen (secondary N) is 1. The predicted molar refractivity (Wildman–Crippen MR) is 80.6 cm³/mol. The molecule has 1 aromatic rings. The van der Waals surface area contributed by atoms with Gasteiger partial charge in [-0.15, -0.1) is 0 Å². The largest absolute Gasteiger partial charge is 0.289 e. The molecule has 0 saturated heterocycles. The Labute approximate surface area is 133 Å². The summed E-state index contributed by atoms with van der Waals surface area (Å²) in [6.07, 6.45) is 0. The van der Waals surface area contributed by atoms with Gasteiger partial charge in [0.05, 0.1) is 4.92 Å². The van der Waals surface area contributed by atoms with Crippen molar-refractivity contribution in [2.24, 2.45) is 0 Å². The van der Waals surface area contributed by atoms with Gasteiger partial charge in [0.15, 0.2) is 0 Å². The highest BCUT2D eigenvalue weighted by atomic mass is 32.2. The molecule has 0 saturated carbocycles. The Hall–Kier alpha value is -2.08. The second-order valence-electron chi connectivity index (χ2n) is 4.91. The number of non-ortho nitro benzene ring substituents is 1. The van der Waals surface area contributed by atoms with Gasteiger partial charge in [-0.3, -0.25) is 20.1 Å². The van der Waals surface area contributed by atoms with Gasteiger partial charge in [-0.2, -0.15) is 17.0 Å². The summed E-state index contributed by atoms with van der Waals surface area (Å²) in [5.41, 5.74) is 1.74. The molecule has 1 rings (SSSR count). The van der Waals surface area contributed by atoms with Crippen molar-refractivity contribution in [2.45, 2.75) is 19.5 Å². The summed E-state index contributed by atoms with van der Waals surface area (Å²) >= 11 is 0. The highest BCUT2D eigenvalue weighted by Gasteiger charge is 2.33. The zero-order chi connectivity index (χ0) is 17.8. The molecule has 0 aliphatic rings. The lowest BCUT2D eigenvalue weighted by Gasteiger charge is -2.29. The number of rotatable bonds is 7. The van der Waals surface area contributed by atoms with Gasteiger partial charge < -0.3 is 0 Å². The molecule has 0 spiro atoms. The predicted octanol–water partition coefficient (Wildman–Crippen LogP) is 0.0971. The number of hydrogen-bond donors (Lipinski definition) is 2. The molecule has 0 aromatic heterocycles. The standard InChI is InChI=1S/C12H18N4O6S/c1-9(12(17)13-18)15(23(21,22)14(2)3)8-10-4-6-11(7-5-10)16(19)20/h4-7,9,18H,8H2,1-3H3,(H,13,17)/t9-/m0/s1. The third kappa shape index (κ3) is 4.45. The van der Waals surface area contributed by atoms with Crippen molar-refractivity contribution >= 4 is 21.8 Å². The fourth-order valence-corrected chi connectivity index (χ4v) is 2.98. The van der Waals surface area contributed by atoms with E-state index in [1.165, 1.54) is 50.8 Å². The molecule has 2 N–H and O–H groups in total. The first-order valence-electron chi connectivity index (χ1n) is 6.47. The van der Waals surface area contributed by atoms with Crippen molar-refractivity contribution in [3.8, 4) is 0 Å². The van der Waals surface area contributed by atoms with Gasteiger partial charge in [-0.1, -0.05) is 12.1 Å². The third-order valence-corrected chi connectivity index (χ3v) is 5.13. The van der Waals surface area contributed by atoms with E-state index in [4.69, 9.17) is 5.21 Å². The third-order valence-electron chi connectivity index (χ3n) is 3.16. The van der Waals surface area contributed by atoms with Crippen LogP contribution in [0.4, 0.5) is 5.69 Å². The Balaban J connectivity index is 3.15. The molecular formula is C12H18N4O6S. The molecule has 23 heavy (non-hydrogen) atoms. The molecule has 0 aliphatic carbocycles.